The normalized spacial score (nSPS) is 27.0. The summed E-state index contributed by atoms with van der Waals surface area (Å²) >= 11 is 1.58. The van der Waals surface area contributed by atoms with Gasteiger partial charge in [0.15, 0.2) is 10.9 Å². The van der Waals surface area contributed by atoms with Gasteiger partial charge in [0.05, 0.1) is 29.3 Å². The van der Waals surface area contributed by atoms with Gasteiger partial charge in [-0.25, -0.2) is 4.98 Å². The lowest BCUT2D eigenvalue weighted by atomic mass is 9.78. The highest BCUT2D eigenvalue weighted by Crippen LogP contribution is 2.45. The van der Waals surface area contributed by atoms with Gasteiger partial charge in [-0.1, -0.05) is 49.4 Å². The van der Waals surface area contributed by atoms with Gasteiger partial charge in [0.25, 0.3) is 0 Å². The summed E-state index contributed by atoms with van der Waals surface area (Å²) in [6.45, 7) is 5.87. The maximum atomic E-state index is 12.6. The van der Waals surface area contributed by atoms with Crippen molar-refractivity contribution in [3.05, 3.63) is 46.0 Å². The number of aromatic nitrogens is 1. The van der Waals surface area contributed by atoms with E-state index in [2.05, 4.69) is 43.0 Å². The number of nitrogens with zero attached hydrogens (tertiary/aromatic N) is 2. The van der Waals surface area contributed by atoms with Crippen molar-refractivity contribution in [2.75, 3.05) is 18.1 Å². The van der Waals surface area contributed by atoms with E-state index < -0.39 is 0 Å². The molecule has 0 saturated carbocycles. The van der Waals surface area contributed by atoms with Crippen LogP contribution in [0, 0.1) is 5.41 Å². The van der Waals surface area contributed by atoms with Crippen LogP contribution in [0.25, 0.3) is 0 Å². The van der Waals surface area contributed by atoms with Crippen LogP contribution in [0.15, 0.2) is 24.3 Å². The van der Waals surface area contributed by atoms with Crippen LogP contribution in [0.5, 0.6) is 0 Å². The average Bonchev–Trinajstić information content (AvgIpc) is 3.14. The van der Waals surface area contributed by atoms with Crippen LogP contribution < -0.4 is 4.90 Å². The number of rotatable bonds is 1. The second-order valence-corrected chi connectivity index (χ2v) is 9.14. The van der Waals surface area contributed by atoms with Gasteiger partial charge >= 0.3 is 0 Å². The lowest BCUT2D eigenvalue weighted by molar-refractivity contribution is 0.0199. The second-order valence-electron chi connectivity index (χ2n) is 8.16. The van der Waals surface area contributed by atoms with Crippen LogP contribution in [-0.2, 0) is 17.6 Å². The van der Waals surface area contributed by atoms with Gasteiger partial charge in [-0.2, -0.15) is 0 Å². The number of hydrogen-bond acceptors (Lipinski definition) is 5. The third-order valence-electron chi connectivity index (χ3n) is 5.62. The summed E-state index contributed by atoms with van der Waals surface area (Å²) in [7, 11) is 0. The highest BCUT2D eigenvalue weighted by molar-refractivity contribution is 7.17. The largest absolute Gasteiger partial charge is 0.374 e. The smallest absolute Gasteiger partial charge is 0.186 e. The quantitative estimate of drug-likeness (QED) is 0.781. The molecule has 1 aromatic heterocycles. The van der Waals surface area contributed by atoms with Gasteiger partial charge in [-0.05, 0) is 23.0 Å². The molecule has 1 aromatic carbocycles. The third kappa shape index (κ3) is 2.44. The van der Waals surface area contributed by atoms with Crippen molar-refractivity contribution >= 4 is 22.3 Å². The Morgan fingerprint density at radius 3 is 3.00 bits per heavy atom. The van der Waals surface area contributed by atoms with Crippen molar-refractivity contribution in [1.82, 2.24) is 4.98 Å². The Labute approximate surface area is 151 Å². The maximum Gasteiger partial charge on any atom is 0.186 e. The fourth-order valence-corrected chi connectivity index (χ4v) is 5.62. The number of fused-ring (bicyclic) bond motifs is 4. The van der Waals surface area contributed by atoms with Crippen molar-refractivity contribution in [1.29, 1.82) is 0 Å². The Kier molecular flexibility index (Phi) is 3.35. The van der Waals surface area contributed by atoms with Crippen molar-refractivity contribution in [2.24, 2.45) is 5.41 Å². The molecule has 2 atom stereocenters. The van der Waals surface area contributed by atoms with E-state index >= 15 is 0 Å². The molecule has 4 nitrogen and oxygen atoms in total. The Morgan fingerprint density at radius 2 is 2.12 bits per heavy atom. The van der Waals surface area contributed by atoms with E-state index in [0.29, 0.717) is 6.42 Å². The van der Waals surface area contributed by atoms with E-state index in [1.165, 1.54) is 11.1 Å². The number of ketones is 1. The summed E-state index contributed by atoms with van der Waals surface area (Å²) < 4.78 is 6.06. The molecular weight excluding hydrogens is 332 g/mol. The van der Waals surface area contributed by atoms with Gasteiger partial charge in [-0.15, -0.1) is 0 Å². The van der Waals surface area contributed by atoms with Crippen LogP contribution in [0.2, 0.25) is 0 Å². The van der Waals surface area contributed by atoms with E-state index in [1.807, 2.05) is 0 Å². The van der Waals surface area contributed by atoms with Crippen LogP contribution >= 0.6 is 11.3 Å². The van der Waals surface area contributed by atoms with Gasteiger partial charge in [0, 0.05) is 19.4 Å². The van der Waals surface area contributed by atoms with E-state index in [1.54, 1.807) is 11.3 Å². The molecule has 5 rings (SSSR count). The monoisotopic (exact) mass is 354 g/mol. The molecule has 130 valence electrons. The number of morpholine rings is 1. The molecule has 1 aliphatic heterocycles. The summed E-state index contributed by atoms with van der Waals surface area (Å²) in [5.74, 6) is 0.256. The minimum Gasteiger partial charge on any atom is -0.374 e. The zero-order valence-electron chi connectivity index (χ0n) is 14.6. The van der Waals surface area contributed by atoms with Crippen molar-refractivity contribution in [3.8, 4) is 0 Å². The highest BCUT2D eigenvalue weighted by Gasteiger charge is 2.42. The number of benzene rings is 1. The molecule has 1 unspecified atom stereocenters. The maximum absolute atomic E-state index is 12.6. The molecule has 5 heteroatoms. The first-order chi connectivity index (χ1) is 12.0. The Hall–Kier alpha value is -1.72. The molecule has 1 saturated heterocycles. The summed E-state index contributed by atoms with van der Waals surface area (Å²) in [4.78, 5) is 20.7. The number of ether oxygens (including phenoxy) is 1. The Bertz CT molecular complexity index is 857. The van der Waals surface area contributed by atoms with E-state index in [9.17, 15) is 4.79 Å². The first kappa shape index (κ1) is 15.5. The molecule has 0 N–H and O–H groups in total. The SMILES string of the molecule is CC1(C)CC(=O)c2sc(N3CCO[C@@H]4Cc5ccccc5C43)nc2C1. The minimum atomic E-state index is 0.0168. The molecule has 0 radical (unpaired) electrons. The van der Waals surface area contributed by atoms with Crippen LogP contribution in [0.4, 0.5) is 5.13 Å². The molecule has 2 aromatic rings. The molecule has 25 heavy (non-hydrogen) atoms. The Morgan fingerprint density at radius 1 is 1.28 bits per heavy atom. The molecule has 2 aliphatic carbocycles. The number of carbonyl (C=O) groups excluding carboxylic acids is 1. The summed E-state index contributed by atoms with van der Waals surface area (Å²) in [5.41, 5.74) is 3.74. The van der Waals surface area contributed by atoms with Crippen LogP contribution in [-0.4, -0.2) is 30.0 Å². The zero-order valence-corrected chi connectivity index (χ0v) is 15.4. The third-order valence-corrected chi connectivity index (χ3v) is 6.79. The first-order valence-corrected chi connectivity index (χ1v) is 9.82. The minimum absolute atomic E-state index is 0.0168. The van der Waals surface area contributed by atoms with E-state index in [0.717, 1.165) is 41.7 Å². The number of hydrogen-bond donors (Lipinski definition) is 0. The molecule has 0 bridgehead atoms. The fourth-order valence-electron chi connectivity index (χ4n) is 4.54. The van der Waals surface area contributed by atoms with Gasteiger partial charge in [0.1, 0.15) is 0 Å². The summed E-state index contributed by atoms with van der Waals surface area (Å²) in [6.07, 6.45) is 2.67. The molecule has 1 fully saturated rings. The second kappa shape index (κ2) is 5.39. The average molecular weight is 354 g/mol. The number of anilines is 1. The highest BCUT2D eigenvalue weighted by atomic mass is 32.1. The van der Waals surface area contributed by atoms with Crippen molar-refractivity contribution in [2.45, 2.75) is 45.3 Å². The van der Waals surface area contributed by atoms with Crippen LogP contribution in [0.1, 0.15) is 52.8 Å². The molecule has 3 aliphatic rings. The predicted molar refractivity (Wildman–Crippen MR) is 98.5 cm³/mol. The zero-order chi connectivity index (χ0) is 17.2. The first-order valence-electron chi connectivity index (χ1n) is 9.01. The lowest BCUT2D eigenvalue weighted by Crippen LogP contribution is -2.43. The summed E-state index contributed by atoms with van der Waals surface area (Å²) in [6, 6.07) is 8.84. The standard InChI is InChI=1S/C20H22N2O2S/c1-20(2)10-14-18(15(23)11-20)25-19(21-14)22-7-8-24-16-9-12-5-3-4-6-13(12)17(16)22/h3-6,16-17H,7-11H2,1-2H3/t16-,17?/m1/s1. The van der Waals surface area contributed by atoms with Gasteiger partial charge < -0.3 is 9.64 Å². The molecule has 0 spiro atoms. The molecule has 0 amide bonds. The Balaban J connectivity index is 1.55. The van der Waals surface area contributed by atoms with Gasteiger partial charge in [-0.3, -0.25) is 4.79 Å². The predicted octanol–water partition coefficient (Wildman–Crippen LogP) is 3.80. The molecule has 2 heterocycles. The fraction of sp³-hybridized carbons (Fsp3) is 0.500. The summed E-state index contributed by atoms with van der Waals surface area (Å²) in [5, 5.41) is 0.992. The van der Waals surface area contributed by atoms with E-state index in [4.69, 9.17) is 9.72 Å². The van der Waals surface area contributed by atoms with E-state index in [-0.39, 0.29) is 23.3 Å². The lowest BCUT2D eigenvalue weighted by Gasteiger charge is -2.38. The molecular formula is C20H22N2O2S. The number of Topliss-reactive ketones (excluding diaryl/α,β-unsaturated/α-hetero) is 1. The van der Waals surface area contributed by atoms with Crippen molar-refractivity contribution < 1.29 is 9.53 Å². The van der Waals surface area contributed by atoms with Gasteiger partial charge in [0.2, 0.25) is 0 Å². The topological polar surface area (TPSA) is 42.4 Å². The number of carbonyl (C=O) groups is 1. The van der Waals surface area contributed by atoms with Crippen LogP contribution in [0.3, 0.4) is 0 Å². The van der Waals surface area contributed by atoms with Crippen molar-refractivity contribution in [3.63, 3.8) is 0 Å². The number of thiazole rings is 1.